The first kappa shape index (κ1) is 7.59. The summed E-state index contributed by atoms with van der Waals surface area (Å²) in [6.07, 6.45) is 9.56. The van der Waals surface area contributed by atoms with Gasteiger partial charge < -0.3 is 0 Å². The van der Waals surface area contributed by atoms with Gasteiger partial charge in [0.15, 0.2) is 0 Å². The third-order valence-corrected chi connectivity index (χ3v) is 2.39. The Morgan fingerprint density at radius 3 is 3.00 bits per heavy atom. The molecule has 1 aliphatic carbocycles. The summed E-state index contributed by atoms with van der Waals surface area (Å²) in [4.78, 5) is 0. The van der Waals surface area contributed by atoms with Gasteiger partial charge in [-0.05, 0) is 25.2 Å². The average Bonchev–Trinajstić information content (AvgIpc) is 2.05. The van der Waals surface area contributed by atoms with Crippen LogP contribution in [0.4, 0.5) is 0 Å². The van der Waals surface area contributed by atoms with Crippen LogP contribution >= 0.6 is 0 Å². The van der Waals surface area contributed by atoms with Crippen molar-refractivity contribution in [2.45, 2.75) is 32.6 Å². The van der Waals surface area contributed by atoms with Gasteiger partial charge in [-0.15, -0.1) is 0 Å². The normalized spacial score (nSPS) is 25.7. The molecule has 1 aliphatic rings. The van der Waals surface area contributed by atoms with E-state index in [1.165, 1.54) is 31.3 Å². The summed E-state index contributed by atoms with van der Waals surface area (Å²) in [6.45, 7) is 6.04. The molecule has 0 saturated carbocycles. The molecule has 1 unspecified atom stereocenters. The maximum Gasteiger partial charge on any atom is -0.0279 e. The van der Waals surface area contributed by atoms with E-state index in [2.05, 4.69) is 19.6 Å². The van der Waals surface area contributed by atoms with Crippen LogP contribution < -0.4 is 0 Å². The van der Waals surface area contributed by atoms with E-state index >= 15 is 0 Å². The average molecular weight is 136 g/mol. The van der Waals surface area contributed by atoms with E-state index in [1.807, 2.05) is 6.08 Å². The molecule has 0 spiro atoms. The van der Waals surface area contributed by atoms with E-state index < -0.39 is 0 Å². The Labute approximate surface area is 63.6 Å². The second-order valence-electron chi connectivity index (χ2n) is 3.03. The molecule has 10 heavy (non-hydrogen) atoms. The standard InChI is InChI=1S/C10H16/c1-3-9-5-7-10(4-2)8-6-9/h3,5,10H,1,4,6-8H2,2H3. The molecule has 0 amide bonds. The molecular weight excluding hydrogens is 120 g/mol. The minimum absolute atomic E-state index is 0.948. The van der Waals surface area contributed by atoms with Crippen LogP contribution in [0.15, 0.2) is 24.3 Å². The molecule has 1 atom stereocenters. The summed E-state index contributed by atoms with van der Waals surface area (Å²) in [5.74, 6) is 0.948. The van der Waals surface area contributed by atoms with Gasteiger partial charge in [-0.3, -0.25) is 0 Å². The highest BCUT2D eigenvalue weighted by molar-refractivity contribution is 5.18. The molecule has 0 aromatic rings. The van der Waals surface area contributed by atoms with Crippen molar-refractivity contribution in [3.8, 4) is 0 Å². The molecule has 0 heterocycles. The fourth-order valence-corrected chi connectivity index (χ4v) is 1.46. The summed E-state index contributed by atoms with van der Waals surface area (Å²) < 4.78 is 0. The van der Waals surface area contributed by atoms with Gasteiger partial charge in [0.2, 0.25) is 0 Å². The summed E-state index contributed by atoms with van der Waals surface area (Å²) in [7, 11) is 0. The van der Waals surface area contributed by atoms with Gasteiger partial charge in [0, 0.05) is 0 Å². The molecule has 0 aromatic heterocycles. The van der Waals surface area contributed by atoms with Crippen molar-refractivity contribution in [1.29, 1.82) is 0 Å². The van der Waals surface area contributed by atoms with Gasteiger partial charge in [-0.25, -0.2) is 0 Å². The molecule has 0 saturated heterocycles. The molecule has 0 bridgehead atoms. The first-order chi connectivity index (χ1) is 4.86. The maximum atomic E-state index is 3.77. The second kappa shape index (κ2) is 3.60. The fraction of sp³-hybridized carbons (Fsp3) is 0.600. The fourth-order valence-electron chi connectivity index (χ4n) is 1.46. The van der Waals surface area contributed by atoms with Crippen molar-refractivity contribution in [1.82, 2.24) is 0 Å². The van der Waals surface area contributed by atoms with Crippen molar-refractivity contribution >= 4 is 0 Å². The predicted octanol–water partition coefficient (Wildman–Crippen LogP) is 3.31. The molecule has 0 fully saturated rings. The maximum absolute atomic E-state index is 3.77. The molecule has 0 N–H and O–H groups in total. The van der Waals surface area contributed by atoms with Crippen LogP contribution in [-0.4, -0.2) is 0 Å². The van der Waals surface area contributed by atoms with Gasteiger partial charge in [0.1, 0.15) is 0 Å². The lowest BCUT2D eigenvalue weighted by molar-refractivity contribution is 0.459. The summed E-state index contributed by atoms with van der Waals surface area (Å²) in [6, 6.07) is 0. The Kier molecular flexibility index (Phi) is 2.73. The Hall–Kier alpha value is -0.520. The summed E-state index contributed by atoms with van der Waals surface area (Å²) in [5, 5.41) is 0. The first-order valence-corrected chi connectivity index (χ1v) is 4.18. The SMILES string of the molecule is C=CC1=CCC(CC)CC1. The van der Waals surface area contributed by atoms with Crippen LogP contribution in [0, 0.1) is 5.92 Å². The van der Waals surface area contributed by atoms with Crippen LogP contribution in [0.1, 0.15) is 32.6 Å². The smallest absolute Gasteiger partial charge is 0.0279 e. The highest BCUT2D eigenvalue weighted by atomic mass is 14.1. The topological polar surface area (TPSA) is 0 Å². The van der Waals surface area contributed by atoms with Crippen LogP contribution in [-0.2, 0) is 0 Å². The Bertz CT molecular complexity index is 142. The molecule has 0 aliphatic heterocycles. The van der Waals surface area contributed by atoms with E-state index in [9.17, 15) is 0 Å². The number of hydrogen-bond donors (Lipinski definition) is 0. The van der Waals surface area contributed by atoms with Crippen molar-refractivity contribution in [3.05, 3.63) is 24.3 Å². The molecule has 0 radical (unpaired) electrons. The van der Waals surface area contributed by atoms with Crippen molar-refractivity contribution in [2.75, 3.05) is 0 Å². The van der Waals surface area contributed by atoms with Crippen molar-refractivity contribution < 1.29 is 0 Å². The molecule has 0 nitrogen and oxygen atoms in total. The van der Waals surface area contributed by atoms with Gasteiger partial charge >= 0.3 is 0 Å². The van der Waals surface area contributed by atoms with Crippen LogP contribution in [0.2, 0.25) is 0 Å². The van der Waals surface area contributed by atoms with E-state index in [0.29, 0.717) is 0 Å². The van der Waals surface area contributed by atoms with Crippen molar-refractivity contribution in [2.24, 2.45) is 5.92 Å². The van der Waals surface area contributed by atoms with E-state index in [0.717, 1.165) is 5.92 Å². The van der Waals surface area contributed by atoms with E-state index in [4.69, 9.17) is 0 Å². The zero-order valence-corrected chi connectivity index (χ0v) is 6.77. The van der Waals surface area contributed by atoms with Crippen LogP contribution in [0.3, 0.4) is 0 Å². The largest absolute Gasteiger partial charge is 0.0988 e. The summed E-state index contributed by atoms with van der Waals surface area (Å²) >= 11 is 0. The Morgan fingerprint density at radius 1 is 1.80 bits per heavy atom. The Balaban J connectivity index is 2.43. The molecule has 0 aromatic carbocycles. The molecule has 56 valence electrons. The minimum atomic E-state index is 0.948. The summed E-state index contributed by atoms with van der Waals surface area (Å²) in [5.41, 5.74) is 1.45. The number of rotatable bonds is 2. The second-order valence-corrected chi connectivity index (χ2v) is 3.03. The number of hydrogen-bond acceptors (Lipinski definition) is 0. The van der Waals surface area contributed by atoms with Crippen molar-refractivity contribution in [3.63, 3.8) is 0 Å². The lowest BCUT2D eigenvalue weighted by Crippen LogP contribution is -2.02. The van der Waals surface area contributed by atoms with Gasteiger partial charge in [0.25, 0.3) is 0 Å². The molecular formula is C10H16. The molecule has 1 rings (SSSR count). The highest BCUT2D eigenvalue weighted by Crippen LogP contribution is 2.25. The quantitative estimate of drug-likeness (QED) is 0.546. The first-order valence-electron chi connectivity index (χ1n) is 4.18. The van der Waals surface area contributed by atoms with Gasteiger partial charge in [0.05, 0.1) is 0 Å². The highest BCUT2D eigenvalue weighted by Gasteiger charge is 2.09. The third kappa shape index (κ3) is 1.73. The lowest BCUT2D eigenvalue weighted by Gasteiger charge is -2.18. The molecule has 0 heteroatoms. The van der Waals surface area contributed by atoms with Crippen LogP contribution in [0.25, 0.3) is 0 Å². The van der Waals surface area contributed by atoms with E-state index in [1.54, 1.807) is 0 Å². The monoisotopic (exact) mass is 136 g/mol. The zero-order chi connectivity index (χ0) is 7.40. The number of allylic oxidation sites excluding steroid dienone is 3. The Morgan fingerprint density at radius 2 is 2.60 bits per heavy atom. The van der Waals surface area contributed by atoms with E-state index in [-0.39, 0.29) is 0 Å². The van der Waals surface area contributed by atoms with Gasteiger partial charge in [-0.2, -0.15) is 0 Å². The third-order valence-electron chi connectivity index (χ3n) is 2.39. The predicted molar refractivity (Wildman–Crippen MR) is 45.9 cm³/mol. The van der Waals surface area contributed by atoms with Crippen LogP contribution in [0.5, 0.6) is 0 Å². The minimum Gasteiger partial charge on any atom is -0.0988 e. The lowest BCUT2D eigenvalue weighted by atomic mass is 9.88. The zero-order valence-electron chi connectivity index (χ0n) is 6.77. The van der Waals surface area contributed by atoms with Gasteiger partial charge in [-0.1, -0.05) is 37.6 Å².